The van der Waals surface area contributed by atoms with Crippen molar-refractivity contribution in [1.82, 2.24) is 0 Å². The number of ketones is 1. The number of hydrogen-bond donors (Lipinski definition) is 0. The summed E-state index contributed by atoms with van der Waals surface area (Å²) in [7, 11) is 0. The van der Waals surface area contributed by atoms with E-state index in [0.29, 0.717) is 24.5 Å². The molecule has 1 aromatic rings. The first kappa shape index (κ1) is 13.1. The molecule has 1 aromatic carbocycles. The van der Waals surface area contributed by atoms with Gasteiger partial charge in [0.2, 0.25) is 0 Å². The van der Waals surface area contributed by atoms with Crippen molar-refractivity contribution in [1.29, 1.82) is 0 Å². The van der Waals surface area contributed by atoms with Crippen LogP contribution in [-0.2, 0) is 11.2 Å². The summed E-state index contributed by atoms with van der Waals surface area (Å²) >= 11 is 0. The van der Waals surface area contributed by atoms with E-state index in [2.05, 4.69) is 26.0 Å². The number of hydrogen-bond acceptors (Lipinski definition) is 2. The average molecular weight is 246 g/mol. The van der Waals surface area contributed by atoms with E-state index >= 15 is 0 Å². The molecular weight excluding hydrogens is 224 g/mol. The number of carbonyl (C=O) groups excluding carboxylic acids is 1. The molecule has 2 heteroatoms. The second kappa shape index (κ2) is 6.03. The van der Waals surface area contributed by atoms with Crippen LogP contribution in [0.4, 0.5) is 0 Å². The van der Waals surface area contributed by atoms with Crippen molar-refractivity contribution in [3.05, 3.63) is 29.3 Å². The number of benzene rings is 1. The molecule has 1 aliphatic rings. The quantitative estimate of drug-likeness (QED) is 0.737. The molecule has 98 valence electrons. The van der Waals surface area contributed by atoms with E-state index in [1.807, 2.05) is 6.07 Å². The highest BCUT2D eigenvalue weighted by Crippen LogP contribution is 2.31. The Morgan fingerprint density at radius 3 is 2.94 bits per heavy atom. The highest BCUT2D eigenvalue weighted by Gasteiger charge is 2.22. The Morgan fingerprint density at radius 1 is 1.33 bits per heavy atom. The minimum Gasteiger partial charge on any atom is -0.494 e. The van der Waals surface area contributed by atoms with Crippen LogP contribution in [0.5, 0.6) is 5.75 Å². The molecule has 0 N–H and O–H groups in total. The van der Waals surface area contributed by atoms with Crippen LogP contribution in [0.15, 0.2) is 18.2 Å². The fraction of sp³-hybridized carbons (Fsp3) is 0.562. The summed E-state index contributed by atoms with van der Waals surface area (Å²) in [5.41, 5.74) is 2.47. The van der Waals surface area contributed by atoms with Gasteiger partial charge in [-0.05, 0) is 35.6 Å². The van der Waals surface area contributed by atoms with Crippen molar-refractivity contribution < 1.29 is 9.53 Å². The van der Waals surface area contributed by atoms with E-state index in [1.165, 1.54) is 18.4 Å². The Labute approximate surface area is 109 Å². The SMILES string of the molecule is CCCCCOc1ccc2c(c1)CC(=O)CC2C. The maximum absolute atomic E-state index is 11.6. The number of carbonyl (C=O) groups is 1. The predicted molar refractivity (Wildman–Crippen MR) is 73.2 cm³/mol. The van der Waals surface area contributed by atoms with Crippen LogP contribution in [0.2, 0.25) is 0 Å². The molecule has 0 heterocycles. The zero-order valence-corrected chi connectivity index (χ0v) is 11.4. The van der Waals surface area contributed by atoms with Crippen LogP contribution in [-0.4, -0.2) is 12.4 Å². The van der Waals surface area contributed by atoms with Gasteiger partial charge in [-0.2, -0.15) is 0 Å². The van der Waals surface area contributed by atoms with E-state index in [1.54, 1.807) is 0 Å². The van der Waals surface area contributed by atoms with Crippen molar-refractivity contribution >= 4 is 5.78 Å². The number of ether oxygens (including phenoxy) is 1. The normalized spacial score (nSPS) is 18.6. The maximum atomic E-state index is 11.6. The highest BCUT2D eigenvalue weighted by molar-refractivity contribution is 5.84. The van der Waals surface area contributed by atoms with Gasteiger partial charge in [-0.3, -0.25) is 4.79 Å². The molecule has 1 unspecified atom stereocenters. The van der Waals surface area contributed by atoms with Crippen LogP contribution < -0.4 is 4.74 Å². The number of unbranched alkanes of at least 4 members (excludes halogenated alkanes) is 2. The van der Waals surface area contributed by atoms with Crippen molar-refractivity contribution in [2.24, 2.45) is 0 Å². The van der Waals surface area contributed by atoms with Gasteiger partial charge in [0.25, 0.3) is 0 Å². The van der Waals surface area contributed by atoms with Crippen LogP contribution >= 0.6 is 0 Å². The zero-order chi connectivity index (χ0) is 13.0. The van der Waals surface area contributed by atoms with Crippen LogP contribution in [0.3, 0.4) is 0 Å². The summed E-state index contributed by atoms with van der Waals surface area (Å²) < 4.78 is 5.73. The van der Waals surface area contributed by atoms with E-state index in [9.17, 15) is 4.79 Å². The molecular formula is C16H22O2. The smallest absolute Gasteiger partial charge is 0.137 e. The summed E-state index contributed by atoms with van der Waals surface area (Å²) in [5, 5.41) is 0. The Kier molecular flexibility index (Phi) is 4.40. The maximum Gasteiger partial charge on any atom is 0.137 e. The monoisotopic (exact) mass is 246 g/mol. The molecule has 0 aliphatic heterocycles. The minimum atomic E-state index is 0.345. The second-order valence-electron chi connectivity index (χ2n) is 5.24. The van der Waals surface area contributed by atoms with Gasteiger partial charge < -0.3 is 4.74 Å². The lowest BCUT2D eigenvalue weighted by atomic mass is 9.83. The first-order valence-electron chi connectivity index (χ1n) is 6.98. The summed E-state index contributed by atoms with van der Waals surface area (Å²) in [6.45, 7) is 5.08. The van der Waals surface area contributed by atoms with Crippen LogP contribution in [0, 0.1) is 0 Å². The third-order valence-corrected chi connectivity index (χ3v) is 3.58. The lowest BCUT2D eigenvalue weighted by Crippen LogP contribution is -2.16. The fourth-order valence-electron chi connectivity index (χ4n) is 2.58. The van der Waals surface area contributed by atoms with E-state index in [4.69, 9.17) is 4.74 Å². The number of fused-ring (bicyclic) bond motifs is 1. The molecule has 18 heavy (non-hydrogen) atoms. The van der Waals surface area contributed by atoms with Gasteiger partial charge >= 0.3 is 0 Å². The van der Waals surface area contributed by atoms with Gasteiger partial charge in [-0.25, -0.2) is 0 Å². The standard InChI is InChI=1S/C16H22O2/c1-3-4-5-8-18-15-6-7-16-12(2)9-14(17)10-13(16)11-15/h6-7,11-12H,3-5,8-10H2,1-2H3. The molecule has 0 aromatic heterocycles. The topological polar surface area (TPSA) is 26.3 Å². The summed E-state index contributed by atoms with van der Waals surface area (Å²) in [5.74, 6) is 1.61. The molecule has 0 bridgehead atoms. The van der Waals surface area contributed by atoms with E-state index < -0.39 is 0 Å². The van der Waals surface area contributed by atoms with Crippen molar-refractivity contribution in [2.75, 3.05) is 6.61 Å². The Hall–Kier alpha value is -1.31. The first-order valence-corrected chi connectivity index (χ1v) is 6.98. The predicted octanol–water partition coefficient (Wildman–Crippen LogP) is 3.87. The van der Waals surface area contributed by atoms with Gasteiger partial charge in [-0.1, -0.05) is 32.8 Å². The van der Waals surface area contributed by atoms with Gasteiger partial charge in [-0.15, -0.1) is 0 Å². The number of rotatable bonds is 5. The van der Waals surface area contributed by atoms with E-state index in [0.717, 1.165) is 24.3 Å². The fourth-order valence-corrected chi connectivity index (χ4v) is 2.58. The lowest BCUT2D eigenvalue weighted by Gasteiger charge is -2.22. The van der Waals surface area contributed by atoms with E-state index in [-0.39, 0.29) is 0 Å². The van der Waals surface area contributed by atoms with Gasteiger partial charge in [0.15, 0.2) is 0 Å². The number of Topliss-reactive ketones (excluding diaryl/α,β-unsaturated/α-hetero) is 1. The summed E-state index contributed by atoms with van der Waals surface area (Å²) in [6.07, 6.45) is 4.78. The van der Waals surface area contributed by atoms with Gasteiger partial charge in [0, 0.05) is 12.8 Å². The summed E-state index contributed by atoms with van der Waals surface area (Å²) in [4.78, 5) is 11.6. The molecule has 0 fully saturated rings. The largest absolute Gasteiger partial charge is 0.494 e. The van der Waals surface area contributed by atoms with Crippen molar-refractivity contribution in [3.8, 4) is 5.75 Å². The molecule has 0 saturated heterocycles. The molecule has 1 atom stereocenters. The van der Waals surface area contributed by atoms with Gasteiger partial charge in [0.05, 0.1) is 6.61 Å². The Morgan fingerprint density at radius 2 is 2.17 bits per heavy atom. The zero-order valence-electron chi connectivity index (χ0n) is 11.4. The molecule has 1 aliphatic carbocycles. The van der Waals surface area contributed by atoms with Crippen molar-refractivity contribution in [3.63, 3.8) is 0 Å². The molecule has 0 radical (unpaired) electrons. The molecule has 2 nitrogen and oxygen atoms in total. The second-order valence-corrected chi connectivity index (χ2v) is 5.24. The minimum absolute atomic E-state index is 0.345. The Bertz CT molecular complexity index is 423. The van der Waals surface area contributed by atoms with Crippen molar-refractivity contribution in [2.45, 2.75) is 51.9 Å². The highest BCUT2D eigenvalue weighted by atomic mass is 16.5. The first-order chi connectivity index (χ1) is 8.70. The third kappa shape index (κ3) is 3.12. The molecule has 0 spiro atoms. The molecule has 0 amide bonds. The van der Waals surface area contributed by atoms with Crippen LogP contribution in [0.1, 0.15) is 56.6 Å². The lowest BCUT2D eigenvalue weighted by molar-refractivity contribution is -0.119. The average Bonchev–Trinajstić information content (AvgIpc) is 2.34. The van der Waals surface area contributed by atoms with Crippen LogP contribution in [0.25, 0.3) is 0 Å². The third-order valence-electron chi connectivity index (χ3n) is 3.58. The molecule has 2 rings (SSSR count). The van der Waals surface area contributed by atoms with Gasteiger partial charge in [0.1, 0.15) is 11.5 Å². The Balaban J connectivity index is 2.02. The summed E-state index contributed by atoms with van der Waals surface area (Å²) in [6, 6.07) is 6.22. The molecule has 0 saturated carbocycles.